The van der Waals surface area contributed by atoms with Gasteiger partial charge >= 0.3 is 0 Å². The summed E-state index contributed by atoms with van der Waals surface area (Å²) in [7, 11) is 0. The number of nitrogens with one attached hydrogen (secondary N) is 2. The highest BCUT2D eigenvalue weighted by Gasteiger charge is 2.34. The van der Waals surface area contributed by atoms with E-state index in [0.717, 1.165) is 6.54 Å². The van der Waals surface area contributed by atoms with Gasteiger partial charge < -0.3 is 10.6 Å². The maximum atomic E-state index is 3.29. The fourth-order valence-corrected chi connectivity index (χ4v) is 1.46. The smallest absolute Gasteiger partial charge is 0.0165 e. The maximum Gasteiger partial charge on any atom is 0.0165 e. The van der Waals surface area contributed by atoms with E-state index in [2.05, 4.69) is 22.9 Å². The summed E-state index contributed by atoms with van der Waals surface area (Å²) < 4.78 is 0. The van der Waals surface area contributed by atoms with Crippen LogP contribution in [-0.4, -0.2) is 19.6 Å². The van der Waals surface area contributed by atoms with Crippen LogP contribution in [0.2, 0.25) is 0 Å². The molecular weight excluding hydrogens is 112 g/mol. The summed E-state index contributed by atoms with van der Waals surface area (Å²) in [6.45, 7) is 3.52. The lowest BCUT2D eigenvalue weighted by molar-refractivity contribution is 0.212. The van der Waals surface area contributed by atoms with Crippen LogP contribution in [0.25, 0.3) is 0 Å². The molecule has 0 saturated carbocycles. The second-order valence-electron chi connectivity index (χ2n) is 3.00. The van der Waals surface area contributed by atoms with Crippen LogP contribution >= 0.6 is 0 Å². The molecular formula is C7H12N2. The van der Waals surface area contributed by atoms with E-state index in [4.69, 9.17) is 0 Å². The molecule has 0 aromatic heterocycles. The Morgan fingerprint density at radius 1 is 1.33 bits per heavy atom. The number of rotatable bonds is 0. The average molecular weight is 124 g/mol. The van der Waals surface area contributed by atoms with Crippen LogP contribution in [0.1, 0.15) is 6.42 Å². The molecule has 0 amide bonds. The molecule has 0 aliphatic carbocycles. The number of hydrogen-bond acceptors (Lipinski definition) is 2. The molecule has 2 heteroatoms. The van der Waals surface area contributed by atoms with Gasteiger partial charge in [-0.3, -0.25) is 0 Å². The van der Waals surface area contributed by atoms with Crippen molar-refractivity contribution in [3.05, 3.63) is 12.3 Å². The van der Waals surface area contributed by atoms with E-state index in [1.807, 2.05) is 0 Å². The lowest BCUT2D eigenvalue weighted by Gasteiger charge is -2.42. The monoisotopic (exact) mass is 124 g/mol. The summed E-state index contributed by atoms with van der Waals surface area (Å²) in [6, 6.07) is 0. The van der Waals surface area contributed by atoms with E-state index in [1.165, 1.54) is 19.5 Å². The highest BCUT2D eigenvalue weighted by molar-refractivity contribution is 5.10. The summed E-state index contributed by atoms with van der Waals surface area (Å²) in [6.07, 6.45) is 5.69. The van der Waals surface area contributed by atoms with E-state index < -0.39 is 0 Å². The van der Waals surface area contributed by atoms with Gasteiger partial charge in [0.2, 0.25) is 0 Å². The molecule has 1 spiro atoms. The van der Waals surface area contributed by atoms with Crippen molar-refractivity contribution >= 4 is 0 Å². The first-order chi connectivity index (χ1) is 4.41. The van der Waals surface area contributed by atoms with Crippen molar-refractivity contribution in [3.8, 4) is 0 Å². The predicted molar refractivity (Wildman–Crippen MR) is 37.1 cm³/mol. The molecule has 9 heavy (non-hydrogen) atoms. The molecule has 2 N–H and O–H groups in total. The zero-order valence-corrected chi connectivity index (χ0v) is 5.48. The fourth-order valence-electron chi connectivity index (χ4n) is 1.46. The van der Waals surface area contributed by atoms with Crippen molar-refractivity contribution in [3.63, 3.8) is 0 Å². The van der Waals surface area contributed by atoms with E-state index in [9.17, 15) is 0 Å². The molecule has 0 radical (unpaired) electrons. The molecule has 0 atom stereocenters. The van der Waals surface area contributed by atoms with E-state index in [1.54, 1.807) is 0 Å². The Bertz CT molecular complexity index is 136. The Kier molecular flexibility index (Phi) is 1.02. The van der Waals surface area contributed by atoms with Gasteiger partial charge in [-0.25, -0.2) is 0 Å². The molecule has 2 rings (SSSR count). The molecule has 1 saturated heterocycles. The fraction of sp³-hybridized carbons (Fsp3) is 0.714. The van der Waals surface area contributed by atoms with Gasteiger partial charge in [0.1, 0.15) is 0 Å². The van der Waals surface area contributed by atoms with Crippen LogP contribution < -0.4 is 10.6 Å². The molecule has 50 valence electrons. The molecule has 0 bridgehead atoms. The molecule has 0 aromatic carbocycles. The minimum Gasteiger partial charge on any atom is -0.391 e. The molecule has 2 aliphatic heterocycles. The molecule has 2 nitrogen and oxygen atoms in total. The summed E-state index contributed by atoms with van der Waals surface area (Å²) >= 11 is 0. The summed E-state index contributed by atoms with van der Waals surface area (Å²) in [5.74, 6) is 0. The first kappa shape index (κ1) is 5.30. The third kappa shape index (κ3) is 0.741. The lowest BCUT2D eigenvalue weighted by Crippen LogP contribution is -2.54. The van der Waals surface area contributed by atoms with E-state index in [0.29, 0.717) is 5.41 Å². The van der Waals surface area contributed by atoms with Crippen molar-refractivity contribution in [2.75, 3.05) is 19.6 Å². The van der Waals surface area contributed by atoms with Gasteiger partial charge in [0.05, 0.1) is 0 Å². The van der Waals surface area contributed by atoms with Crippen LogP contribution in [0.15, 0.2) is 12.3 Å². The van der Waals surface area contributed by atoms with E-state index in [-0.39, 0.29) is 0 Å². The summed E-state index contributed by atoms with van der Waals surface area (Å²) in [5, 5.41) is 6.49. The lowest BCUT2D eigenvalue weighted by atomic mass is 9.77. The largest absolute Gasteiger partial charge is 0.391 e. The topological polar surface area (TPSA) is 24.1 Å². The second kappa shape index (κ2) is 1.74. The van der Waals surface area contributed by atoms with Gasteiger partial charge in [0.25, 0.3) is 0 Å². The van der Waals surface area contributed by atoms with E-state index >= 15 is 0 Å². The molecule has 0 aromatic rings. The number of hydrogen-bond donors (Lipinski definition) is 2. The molecule has 1 fully saturated rings. The van der Waals surface area contributed by atoms with Crippen molar-refractivity contribution in [1.82, 2.24) is 10.6 Å². The van der Waals surface area contributed by atoms with Crippen molar-refractivity contribution in [2.24, 2.45) is 5.41 Å². The molecule has 2 aliphatic rings. The summed E-state index contributed by atoms with van der Waals surface area (Å²) in [4.78, 5) is 0. The Morgan fingerprint density at radius 2 is 2.22 bits per heavy atom. The van der Waals surface area contributed by atoms with Crippen LogP contribution in [0, 0.1) is 5.41 Å². The quantitative estimate of drug-likeness (QED) is 0.478. The van der Waals surface area contributed by atoms with Crippen molar-refractivity contribution in [2.45, 2.75) is 6.42 Å². The van der Waals surface area contributed by atoms with Crippen LogP contribution in [0.3, 0.4) is 0 Å². The highest BCUT2D eigenvalue weighted by atomic mass is 15.0. The van der Waals surface area contributed by atoms with Gasteiger partial charge in [-0.05, 0) is 12.6 Å². The van der Waals surface area contributed by atoms with Gasteiger partial charge in [-0.1, -0.05) is 6.08 Å². The zero-order chi connectivity index (χ0) is 6.16. The molecule has 2 heterocycles. The summed E-state index contributed by atoms with van der Waals surface area (Å²) in [5.41, 5.74) is 0.547. The molecule has 0 unspecified atom stereocenters. The maximum absolute atomic E-state index is 3.29. The van der Waals surface area contributed by atoms with Crippen LogP contribution in [-0.2, 0) is 0 Å². The van der Waals surface area contributed by atoms with Gasteiger partial charge in [0.15, 0.2) is 0 Å². The third-order valence-corrected chi connectivity index (χ3v) is 2.28. The zero-order valence-electron chi connectivity index (χ0n) is 5.48. The standard InChI is InChI=1S/C7H12N2/c1-3-8-4-2-7(1)5-9-6-7/h1,3,8-9H,2,4-6H2. The Morgan fingerprint density at radius 3 is 2.56 bits per heavy atom. The minimum atomic E-state index is 0.547. The first-order valence-electron chi connectivity index (χ1n) is 3.53. The van der Waals surface area contributed by atoms with Gasteiger partial charge in [-0.2, -0.15) is 0 Å². The Hall–Kier alpha value is -0.500. The second-order valence-corrected chi connectivity index (χ2v) is 3.00. The normalized spacial score (nSPS) is 29.3. The van der Waals surface area contributed by atoms with Crippen molar-refractivity contribution < 1.29 is 0 Å². The van der Waals surface area contributed by atoms with Crippen molar-refractivity contribution in [1.29, 1.82) is 0 Å². The highest BCUT2D eigenvalue weighted by Crippen LogP contribution is 2.29. The predicted octanol–water partition coefficient (Wildman–Crippen LogP) is 0.0830. The third-order valence-electron chi connectivity index (χ3n) is 2.28. The first-order valence-corrected chi connectivity index (χ1v) is 3.53. The Balaban J connectivity index is 2.09. The minimum absolute atomic E-state index is 0.547. The Labute approximate surface area is 55.3 Å². The average Bonchev–Trinajstić information content (AvgIpc) is 1.87. The van der Waals surface area contributed by atoms with Crippen LogP contribution in [0.4, 0.5) is 0 Å². The van der Waals surface area contributed by atoms with Gasteiger partial charge in [0, 0.05) is 25.0 Å². The SMILES string of the molecule is C1=CC2(CCN1)CNC2. The van der Waals surface area contributed by atoms with Gasteiger partial charge in [-0.15, -0.1) is 0 Å². The van der Waals surface area contributed by atoms with Crippen LogP contribution in [0.5, 0.6) is 0 Å².